The van der Waals surface area contributed by atoms with Crippen LogP contribution in [0.15, 0.2) is 16.9 Å². The lowest BCUT2D eigenvalue weighted by atomic mass is 9.90. The second-order valence-corrected chi connectivity index (χ2v) is 7.81. The molecule has 2 fully saturated rings. The molecule has 1 atom stereocenters. The third-order valence-corrected chi connectivity index (χ3v) is 5.21. The molecule has 0 bridgehead atoms. The van der Waals surface area contributed by atoms with Crippen molar-refractivity contribution in [3.63, 3.8) is 0 Å². The highest BCUT2D eigenvalue weighted by atomic mass is 16.3. The SMILES string of the molecule is CC(C)n1cc([C@@]2(O)CCCN(C(=O)c3coc(CC4CC4)n3)C2)nn1. The van der Waals surface area contributed by atoms with Gasteiger partial charge in [-0.25, -0.2) is 9.67 Å². The van der Waals surface area contributed by atoms with Gasteiger partial charge in [0.1, 0.15) is 17.6 Å². The summed E-state index contributed by atoms with van der Waals surface area (Å²) in [7, 11) is 0. The van der Waals surface area contributed by atoms with Crippen LogP contribution in [0, 0.1) is 5.92 Å². The number of aliphatic hydroxyl groups is 1. The predicted octanol–water partition coefficient (Wildman–Crippen LogP) is 1.92. The van der Waals surface area contributed by atoms with E-state index < -0.39 is 5.60 Å². The van der Waals surface area contributed by atoms with Gasteiger partial charge in [-0.1, -0.05) is 5.21 Å². The molecular weight excluding hydrogens is 334 g/mol. The van der Waals surface area contributed by atoms with E-state index in [9.17, 15) is 9.90 Å². The molecule has 0 spiro atoms. The van der Waals surface area contributed by atoms with Gasteiger partial charge in [0.15, 0.2) is 11.6 Å². The summed E-state index contributed by atoms with van der Waals surface area (Å²) in [6.07, 6.45) is 7.67. The molecule has 1 saturated heterocycles. The summed E-state index contributed by atoms with van der Waals surface area (Å²) in [5.41, 5.74) is -0.351. The van der Waals surface area contributed by atoms with Crippen LogP contribution in [0.3, 0.4) is 0 Å². The van der Waals surface area contributed by atoms with Gasteiger partial charge in [0.2, 0.25) is 0 Å². The Morgan fingerprint density at radius 2 is 2.27 bits per heavy atom. The Kier molecular flexibility index (Phi) is 4.30. The molecule has 26 heavy (non-hydrogen) atoms. The highest BCUT2D eigenvalue weighted by Gasteiger charge is 2.40. The zero-order valence-corrected chi connectivity index (χ0v) is 15.3. The number of hydrogen-bond donors (Lipinski definition) is 1. The molecule has 1 N–H and O–H groups in total. The maximum atomic E-state index is 12.8. The number of likely N-dealkylation sites (tertiary alicyclic amines) is 1. The summed E-state index contributed by atoms with van der Waals surface area (Å²) >= 11 is 0. The number of amides is 1. The molecule has 1 aliphatic heterocycles. The quantitative estimate of drug-likeness (QED) is 0.876. The molecule has 4 rings (SSSR count). The van der Waals surface area contributed by atoms with Crippen molar-refractivity contribution >= 4 is 5.91 Å². The van der Waals surface area contributed by atoms with Crippen molar-refractivity contribution in [2.24, 2.45) is 5.92 Å². The van der Waals surface area contributed by atoms with E-state index in [1.165, 1.54) is 19.1 Å². The van der Waals surface area contributed by atoms with E-state index in [4.69, 9.17) is 4.42 Å². The molecule has 0 unspecified atom stereocenters. The van der Waals surface area contributed by atoms with E-state index in [1.54, 1.807) is 15.8 Å². The number of piperidine rings is 1. The van der Waals surface area contributed by atoms with E-state index >= 15 is 0 Å². The molecule has 140 valence electrons. The number of carbonyl (C=O) groups excluding carboxylic acids is 1. The van der Waals surface area contributed by atoms with Crippen LogP contribution in [0.4, 0.5) is 0 Å². The number of aromatic nitrogens is 4. The average molecular weight is 359 g/mol. The van der Waals surface area contributed by atoms with E-state index in [0.717, 1.165) is 6.42 Å². The maximum Gasteiger partial charge on any atom is 0.275 e. The molecule has 3 heterocycles. The van der Waals surface area contributed by atoms with Gasteiger partial charge in [0, 0.05) is 19.0 Å². The standard InChI is InChI=1S/C18H25N5O3/c1-12(2)23-9-15(20-21-23)18(25)6-3-7-22(11-18)17(24)14-10-26-16(19-14)8-13-4-5-13/h9-10,12-13,25H,3-8,11H2,1-2H3/t18-/m1/s1. The lowest BCUT2D eigenvalue weighted by Gasteiger charge is -2.37. The molecule has 8 heteroatoms. The Balaban J connectivity index is 1.48. The Morgan fingerprint density at radius 3 is 2.96 bits per heavy atom. The first-order valence-electron chi connectivity index (χ1n) is 9.33. The lowest BCUT2D eigenvalue weighted by molar-refractivity contribution is -0.0322. The highest BCUT2D eigenvalue weighted by molar-refractivity contribution is 5.92. The third kappa shape index (κ3) is 3.38. The molecule has 2 aromatic rings. The largest absolute Gasteiger partial charge is 0.448 e. The average Bonchev–Trinajstić information content (AvgIpc) is 3.11. The Labute approximate surface area is 152 Å². The first-order valence-corrected chi connectivity index (χ1v) is 9.33. The second-order valence-electron chi connectivity index (χ2n) is 7.81. The van der Waals surface area contributed by atoms with Crippen LogP contribution in [0.5, 0.6) is 0 Å². The van der Waals surface area contributed by atoms with Gasteiger partial charge in [-0.05, 0) is 45.4 Å². The molecule has 0 radical (unpaired) electrons. The van der Waals surface area contributed by atoms with E-state index in [2.05, 4.69) is 15.3 Å². The van der Waals surface area contributed by atoms with Crippen LogP contribution in [-0.4, -0.2) is 49.0 Å². The van der Waals surface area contributed by atoms with E-state index in [1.807, 2.05) is 13.8 Å². The first-order chi connectivity index (χ1) is 12.4. The van der Waals surface area contributed by atoms with E-state index in [-0.39, 0.29) is 18.5 Å². The zero-order chi connectivity index (χ0) is 18.3. The van der Waals surface area contributed by atoms with E-state index in [0.29, 0.717) is 42.6 Å². The molecule has 1 amide bonds. The minimum atomic E-state index is -1.18. The molecule has 8 nitrogen and oxygen atoms in total. The number of hydrogen-bond acceptors (Lipinski definition) is 6. The van der Waals surface area contributed by atoms with Gasteiger partial charge in [-0.2, -0.15) is 0 Å². The van der Waals surface area contributed by atoms with Crippen molar-refractivity contribution in [3.8, 4) is 0 Å². The van der Waals surface area contributed by atoms with Crippen LogP contribution >= 0.6 is 0 Å². The van der Waals surface area contributed by atoms with Crippen LogP contribution in [0.25, 0.3) is 0 Å². The van der Waals surface area contributed by atoms with Crippen molar-refractivity contribution in [2.75, 3.05) is 13.1 Å². The van der Waals surface area contributed by atoms with Crippen LogP contribution < -0.4 is 0 Å². The Morgan fingerprint density at radius 1 is 1.46 bits per heavy atom. The fourth-order valence-electron chi connectivity index (χ4n) is 3.39. The molecule has 1 saturated carbocycles. The second kappa shape index (κ2) is 6.50. The fraction of sp³-hybridized carbons (Fsp3) is 0.667. The maximum absolute atomic E-state index is 12.8. The summed E-state index contributed by atoms with van der Waals surface area (Å²) in [6, 6.07) is 0.168. The topological polar surface area (TPSA) is 97.3 Å². The number of oxazole rings is 1. The Bertz CT molecular complexity index is 794. The van der Waals surface area contributed by atoms with Crippen LogP contribution in [0.2, 0.25) is 0 Å². The monoisotopic (exact) mass is 359 g/mol. The van der Waals surface area contributed by atoms with Gasteiger partial charge in [-0.3, -0.25) is 4.79 Å². The lowest BCUT2D eigenvalue weighted by Crippen LogP contribution is -2.48. The fourth-order valence-corrected chi connectivity index (χ4v) is 3.39. The summed E-state index contributed by atoms with van der Waals surface area (Å²) < 4.78 is 7.17. The first kappa shape index (κ1) is 17.2. The smallest absolute Gasteiger partial charge is 0.275 e. The highest BCUT2D eigenvalue weighted by Crippen LogP contribution is 2.33. The van der Waals surface area contributed by atoms with Crippen LogP contribution in [0.1, 0.15) is 67.6 Å². The normalized spacial score (nSPS) is 23.6. The van der Waals surface area contributed by atoms with Gasteiger partial charge in [0.25, 0.3) is 5.91 Å². The van der Waals surface area contributed by atoms with Crippen molar-refractivity contribution in [1.82, 2.24) is 24.9 Å². The van der Waals surface area contributed by atoms with Gasteiger partial charge in [0.05, 0.1) is 12.7 Å². The minimum Gasteiger partial charge on any atom is -0.448 e. The number of nitrogens with zero attached hydrogens (tertiary/aromatic N) is 5. The van der Waals surface area contributed by atoms with Crippen molar-refractivity contribution in [3.05, 3.63) is 29.7 Å². The summed E-state index contributed by atoms with van der Waals surface area (Å²) in [6.45, 7) is 4.78. The molecule has 2 aromatic heterocycles. The molecule has 1 aliphatic carbocycles. The molecular formula is C18H25N5O3. The number of carbonyl (C=O) groups is 1. The summed E-state index contributed by atoms with van der Waals surface area (Å²) in [5, 5.41) is 19.3. The van der Waals surface area contributed by atoms with Crippen LogP contribution in [-0.2, 0) is 12.0 Å². The molecule has 0 aromatic carbocycles. The minimum absolute atomic E-state index is 0.168. The van der Waals surface area contributed by atoms with Gasteiger partial charge in [-0.15, -0.1) is 5.10 Å². The van der Waals surface area contributed by atoms with Crippen molar-refractivity contribution in [2.45, 2.75) is 57.6 Å². The number of rotatable bonds is 5. The third-order valence-electron chi connectivity index (χ3n) is 5.21. The molecule has 2 aliphatic rings. The van der Waals surface area contributed by atoms with Gasteiger partial charge < -0.3 is 14.4 Å². The predicted molar refractivity (Wildman–Crippen MR) is 92.4 cm³/mol. The van der Waals surface area contributed by atoms with Crippen molar-refractivity contribution in [1.29, 1.82) is 0 Å². The summed E-state index contributed by atoms with van der Waals surface area (Å²) in [4.78, 5) is 18.8. The zero-order valence-electron chi connectivity index (χ0n) is 15.3. The van der Waals surface area contributed by atoms with Crippen molar-refractivity contribution < 1.29 is 14.3 Å². The Hall–Kier alpha value is -2.22. The number of β-amino-alcohol motifs (C(OH)–C–C–N with tert-alkyl or cyclic N) is 1. The summed E-state index contributed by atoms with van der Waals surface area (Å²) in [5.74, 6) is 1.08. The van der Waals surface area contributed by atoms with Gasteiger partial charge >= 0.3 is 0 Å².